The van der Waals surface area contributed by atoms with Crippen LogP contribution in [0.3, 0.4) is 0 Å². The van der Waals surface area contributed by atoms with Crippen LogP contribution in [-0.2, 0) is 11.3 Å². The molecule has 0 amide bonds. The molecular weight excluding hydrogens is 242 g/mol. The van der Waals surface area contributed by atoms with Gasteiger partial charge in [-0.15, -0.1) is 0 Å². The van der Waals surface area contributed by atoms with Crippen LogP contribution in [0, 0.1) is 5.92 Å². The summed E-state index contributed by atoms with van der Waals surface area (Å²) in [7, 11) is 0. The normalized spacial score (nSPS) is 13.3. The molecule has 2 aromatic heterocycles. The molecule has 2 heterocycles. The van der Waals surface area contributed by atoms with Crippen LogP contribution < -0.4 is 5.73 Å². The fourth-order valence-electron chi connectivity index (χ4n) is 1.76. The quantitative estimate of drug-likeness (QED) is 0.805. The molecule has 0 aliphatic rings. The molecule has 19 heavy (non-hydrogen) atoms. The highest BCUT2D eigenvalue weighted by Crippen LogP contribution is 2.14. The summed E-state index contributed by atoms with van der Waals surface area (Å²) in [6, 6.07) is 0. The van der Waals surface area contributed by atoms with Gasteiger partial charge in [0.15, 0.2) is 11.5 Å². The summed E-state index contributed by atoms with van der Waals surface area (Å²) < 4.78 is 7.73. The van der Waals surface area contributed by atoms with Gasteiger partial charge >= 0.3 is 0 Å². The fourth-order valence-corrected chi connectivity index (χ4v) is 1.76. The van der Waals surface area contributed by atoms with E-state index in [1.807, 2.05) is 4.57 Å². The number of aryl methyl sites for hydroxylation is 1. The number of nitrogens with zero attached hydrogens (tertiary/aromatic N) is 4. The summed E-state index contributed by atoms with van der Waals surface area (Å²) in [4.78, 5) is 12.4. The van der Waals surface area contributed by atoms with E-state index in [9.17, 15) is 0 Å². The Morgan fingerprint density at radius 2 is 2.05 bits per heavy atom. The lowest BCUT2D eigenvalue weighted by molar-refractivity contribution is 0.0326. The third-order valence-electron chi connectivity index (χ3n) is 3.29. The van der Waals surface area contributed by atoms with Gasteiger partial charge in [-0.2, -0.15) is 0 Å². The number of rotatable bonds is 6. The van der Waals surface area contributed by atoms with Crippen molar-refractivity contribution in [3.8, 4) is 0 Å². The number of fused-ring (bicyclic) bond motifs is 1. The Kier molecular flexibility index (Phi) is 4.31. The van der Waals surface area contributed by atoms with Crippen LogP contribution in [0.4, 0.5) is 5.82 Å². The molecule has 0 aromatic carbocycles. The highest BCUT2D eigenvalue weighted by molar-refractivity contribution is 5.80. The Bertz CT molecular complexity index is 537. The van der Waals surface area contributed by atoms with Gasteiger partial charge in [0.1, 0.15) is 11.8 Å². The van der Waals surface area contributed by atoms with Gasteiger partial charge in [-0.3, -0.25) is 0 Å². The van der Waals surface area contributed by atoms with Crippen molar-refractivity contribution in [1.82, 2.24) is 19.5 Å². The van der Waals surface area contributed by atoms with E-state index in [4.69, 9.17) is 10.5 Å². The minimum atomic E-state index is 0.289. The van der Waals surface area contributed by atoms with Crippen molar-refractivity contribution >= 4 is 17.0 Å². The third kappa shape index (κ3) is 3.20. The predicted molar refractivity (Wildman–Crippen MR) is 74.6 cm³/mol. The van der Waals surface area contributed by atoms with Crippen LogP contribution in [0.5, 0.6) is 0 Å². The van der Waals surface area contributed by atoms with E-state index in [0.29, 0.717) is 17.3 Å². The molecule has 0 aliphatic carbocycles. The zero-order chi connectivity index (χ0) is 13.8. The zero-order valence-corrected chi connectivity index (χ0v) is 11.7. The van der Waals surface area contributed by atoms with Gasteiger partial charge in [-0.1, -0.05) is 13.8 Å². The van der Waals surface area contributed by atoms with Crippen LogP contribution in [0.25, 0.3) is 11.2 Å². The molecule has 0 saturated carbocycles. The minimum Gasteiger partial charge on any atom is -0.382 e. The monoisotopic (exact) mass is 263 g/mol. The van der Waals surface area contributed by atoms with Gasteiger partial charge in [0, 0.05) is 13.2 Å². The van der Waals surface area contributed by atoms with Crippen LogP contribution in [-0.4, -0.2) is 32.2 Å². The predicted octanol–water partition coefficient (Wildman–Crippen LogP) is 1.86. The van der Waals surface area contributed by atoms with E-state index in [2.05, 4.69) is 35.7 Å². The van der Waals surface area contributed by atoms with Gasteiger partial charge < -0.3 is 15.0 Å². The van der Waals surface area contributed by atoms with E-state index >= 15 is 0 Å². The van der Waals surface area contributed by atoms with E-state index in [1.165, 1.54) is 6.33 Å². The number of ether oxygens (including phenoxy) is 1. The fraction of sp³-hybridized carbons (Fsp3) is 0.615. The summed E-state index contributed by atoms with van der Waals surface area (Å²) in [5.41, 5.74) is 7.19. The molecule has 2 rings (SSSR count). The molecule has 0 saturated heterocycles. The minimum absolute atomic E-state index is 0.289. The highest BCUT2D eigenvalue weighted by Gasteiger charge is 2.09. The summed E-state index contributed by atoms with van der Waals surface area (Å²) in [5.74, 6) is 0.968. The van der Waals surface area contributed by atoms with E-state index in [1.54, 1.807) is 6.33 Å². The second-order valence-corrected chi connectivity index (χ2v) is 5.04. The standard InChI is InChI=1S/C13H21N5O/c1-9(2)10(3)19-6-4-5-18-8-17-11-12(14)15-7-16-13(11)18/h7-10H,4-6H2,1-3H3,(H2,14,15,16). The van der Waals surface area contributed by atoms with Gasteiger partial charge in [-0.05, 0) is 19.3 Å². The van der Waals surface area contributed by atoms with Crippen molar-refractivity contribution in [2.45, 2.75) is 39.8 Å². The second kappa shape index (κ2) is 5.97. The lowest BCUT2D eigenvalue weighted by atomic mass is 10.1. The summed E-state index contributed by atoms with van der Waals surface area (Å²) in [5, 5.41) is 0. The lowest BCUT2D eigenvalue weighted by Crippen LogP contribution is -2.16. The summed E-state index contributed by atoms with van der Waals surface area (Å²) >= 11 is 0. The molecule has 2 N–H and O–H groups in total. The molecule has 6 nitrogen and oxygen atoms in total. The number of aromatic nitrogens is 4. The number of anilines is 1. The smallest absolute Gasteiger partial charge is 0.165 e. The second-order valence-electron chi connectivity index (χ2n) is 5.04. The molecule has 1 unspecified atom stereocenters. The maximum Gasteiger partial charge on any atom is 0.165 e. The number of nitrogens with two attached hydrogens (primary N) is 1. The molecule has 0 bridgehead atoms. The molecule has 6 heteroatoms. The SMILES string of the molecule is CC(C)C(C)OCCCn1cnc2c(N)ncnc21. The summed E-state index contributed by atoms with van der Waals surface area (Å²) in [6.45, 7) is 7.98. The summed E-state index contributed by atoms with van der Waals surface area (Å²) in [6.07, 6.45) is 4.43. The molecule has 2 aromatic rings. The van der Waals surface area contributed by atoms with Crippen LogP contribution in [0.1, 0.15) is 27.2 Å². The Morgan fingerprint density at radius 3 is 2.79 bits per heavy atom. The van der Waals surface area contributed by atoms with E-state index in [0.717, 1.165) is 25.2 Å². The topological polar surface area (TPSA) is 78.9 Å². The van der Waals surface area contributed by atoms with Gasteiger partial charge in [0.05, 0.1) is 12.4 Å². The Hall–Kier alpha value is -1.69. The van der Waals surface area contributed by atoms with Crippen LogP contribution in [0.2, 0.25) is 0 Å². The molecule has 0 radical (unpaired) electrons. The first kappa shape index (κ1) is 13.7. The van der Waals surface area contributed by atoms with Crippen molar-refractivity contribution in [3.63, 3.8) is 0 Å². The van der Waals surface area contributed by atoms with E-state index < -0.39 is 0 Å². The number of hydrogen-bond donors (Lipinski definition) is 1. The highest BCUT2D eigenvalue weighted by atomic mass is 16.5. The number of nitrogen functional groups attached to an aromatic ring is 1. The van der Waals surface area contributed by atoms with Crippen molar-refractivity contribution in [1.29, 1.82) is 0 Å². The lowest BCUT2D eigenvalue weighted by Gasteiger charge is -2.16. The Morgan fingerprint density at radius 1 is 1.26 bits per heavy atom. The zero-order valence-electron chi connectivity index (χ0n) is 11.7. The molecule has 104 valence electrons. The van der Waals surface area contributed by atoms with Crippen LogP contribution >= 0.6 is 0 Å². The first-order valence-electron chi connectivity index (χ1n) is 6.62. The Balaban J connectivity index is 1.90. The van der Waals surface area contributed by atoms with Crippen molar-refractivity contribution in [2.24, 2.45) is 5.92 Å². The van der Waals surface area contributed by atoms with Crippen molar-refractivity contribution < 1.29 is 4.74 Å². The van der Waals surface area contributed by atoms with Gasteiger partial charge in [-0.25, -0.2) is 15.0 Å². The van der Waals surface area contributed by atoms with Crippen LogP contribution in [0.15, 0.2) is 12.7 Å². The average molecular weight is 263 g/mol. The van der Waals surface area contributed by atoms with Crippen molar-refractivity contribution in [3.05, 3.63) is 12.7 Å². The number of imidazole rings is 1. The first-order chi connectivity index (χ1) is 9.09. The number of hydrogen-bond acceptors (Lipinski definition) is 5. The first-order valence-corrected chi connectivity index (χ1v) is 6.62. The molecular formula is C13H21N5O. The maximum atomic E-state index is 5.75. The largest absolute Gasteiger partial charge is 0.382 e. The molecule has 0 aliphatic heterocycles. The van der Waals surface area contributed by atoms with Gasteiger partial charge in [0.25, 0.3) is 0 Å². The molecule has 0 fully saturated rings. The van der Waals surface area contributed by atoms with E-state index in [-0.39, 0.29) is 6.10 Å². The maximum absolute atomic E-state index is 5.75. The van der Waals surface area contributed by atoms with Crippen molar-refractivity contribution in [2.75, 3.05) is 12.3 Å². The molecule has 1 atom stereocenters. The molecule has 0 spiro atoms. The average Bonchev–Trinajstić information content (AvgIpc) is 2.79. The third-order valence-corrected chi connectivity index (χ3v) is 3.29. The Labute approximate surface area is 113 Å². The van der Waals surface area contributed by atoms with Gasteiger partial charge in [0.2, 0.25) is 0 Å².